The second-order valence-corrected chi connectivity index (χ2v) is 8.85. The maximum absolute atomic E-state index is 12.4. The summed E-state index contributed by atoms with van der Waals surface area (Å²) in [5.41, 5.74) is 6.15. The fourth-order valence-corrected chi connectivity index (χ4v) is 4.15. The third-order valence-electron chi connectivity index (χ3n) is 4.66. The van der Waals surface area contributed by atoms with Gasteiger partial charge in [0.25, 0.3) is 0 Å². The molecule has 3 N–H and O–H groups in total. The summed E-state index contributed by atoms with van der Waals surface area (Å²) in [6, 6.07) is 6.18. The molecule has 0 spiro atoms. The predicted octanol–water partition coefficient (Wildman–Crippen LogP) is 5.22. The number of hydrogen-bond donors (Lipinski definition) is 2. The van der Waals surface area contributed by atoms with Crippen LogP contribution in [0.3, 0.4) is 0 Å². The van der Waals surface area contributed by atoms with Crippen LogP contribution in [0.4, 0.5) is 5.69 Å². The van der Waals surface area contributed by atoms with E-state index >= 15 is 0 Å². The molecule has 1 rings (SSSR count). The summed E-state index contributed by atoms with van der Waals surface area (Å²) in [5, 5.41) is 0. The normalized spacial score (nSPS) is 13.0. The molecule has 27 heavy (non-hydrogen) atoms. The molecule has 0 aliphatic carbocycles. The molecule has 0 radical (unpaired) electrons. The monoisotopic (exact) mass is 398 g/mol. The van der Waals surface area contributed by atoms with Crippen LogP contribution in [0.1, 0.15) is 84.5 Å². The van der Waals surface area contributed by atoms with Crippen LogP contribution in [-0.2, 0) is 14.8 Å². The van der Waals surface area contributed by atoms with E-state index in [4.69, 9.17) is 10.5 Å². The van der Waals surface area contributed by atoms with Gasteiger partial charge in [-0.1, -0.05) is 71.6 Å². The summed E-state index contributed by atoms with van der Waals surface area (Å²) in [6.45, 7) is 4.74. The minimum absolute atomic E-state index is 0.206. The van der Waals surface area contributed by atoms with E-state index in [1.807, 2.05) is 6.92 Å². The lowest BCUT2D eigenvalue weighted by atomic mass is 10.1. The van der Waals surface area contributed by atoms with Gasteiger partial charge in [0, 0.05) is 12.3 Å². The van der Waals surface area contributed by atoms with Crippen LogP contribution in [0.15, 0.2) is 29.2 Å². The van der Waals surface area contributed by atoms with Gasteiger partial charge in [-0.25, -0.2) is 8.42 Å². The number of unbranched alkanes of at least 4 members (excludes halogenated alkanes) is 9. The van der Waals surface area contributed by atoms with E-state index in [0.717, 1.165) is 12.8 Å². The Bertz CT molecular complexity index is 588. The van der Waals surface area contributed by atoms with Crippen LogP contribution in [0.2, 0.25) is 0 Å². The van der Waals surface area contributed by atoms with Gasteiger partial charge in [-0.15, -0.1) is 0 Å². The number of hydrogen-bond acceptors (Lipinski definition) is 4. The van der Waals surface area contributed by atoms with E-state index in [-0.39, 0.29) is 4.90 Å². The first-order valence-corrected chi connectivity index (χ1v) is 12.0. The second-order valence-electron chi connectivity index (χ2n) is 7.14. The number of anilines is 1. The maximum Gasteiger partial charge on any atom is 0.242 e. The minimum Gasteiger partial charge on any atom is -0.399 e. The molecule has 1 unspecified atom stereocenters. The lowest BCUT2D eigenvalue weighted by Crippen LogP contribution is -2.36. The molecule has 1 atom stereocenters. The molecule has 0 fully saturated rings. The lowest BCUT2D eigenvalue weighted by molar-refractivity contribution is 0.0408. The number of benzene rings is 1. The van der Waals surface area contributed by atoms with Gasteiger partial charge in [0.1, 0.15) is 6.23 Å². The summed E-state index contributed by atoms with van der Waals surface area (Å²) in [6.07, 6.45) is 12.8. The van der Waals surface area contributed by atoms with Gasteiger partial charge in [-0.2, -0.15) is 4.72 Å². The van der Waals surface area contributed by atoms with Crippen molar-refractivity contribution in [2.75, 3.05) is 12.3 Å². The summed E-state index contributed by atoms with van der Waals surface area (Å²) in [5.74, 6) is 0. The van der Waals surface area contributed by atoms with Crippen LogP contribution in [0.25, 0.3) is 0 Å². The molecule has 5 nitrogen and oxygen atoms in total. The Morgan fingerprint density at radius 1 is 0.889 bits per heavy atom. The first kappa shape index (κ1) is 23.9. The van der Waals surface area contributed by atoms with Crippen molar-refractivity contribution in [3.63, 3.8) is 0 Å². The van der Waals surface area contributed by atoms with Crippen LogP contribution < -0.4 is 10.5 Å². The van der Waals surface area contributed by atoms with Crippen molar-refractivity contribution < 1.29 is 13.2 Å². The largest absolute Gasteiger partial charge is 0.399 e. The molecule has 156 valence electrons. The molecule has 0 aliphatic heterocycles. The Labute approximate surface area is 166 Å². The zero-order valence-electron chi connectivity index (χ0n) is 17.1. The van der Waals surface area contributed by atoms with Crippen molar-refractivity contribution in [3.05, 3.63) is 24.3 Å². The highest BCUT2D eigenvalue weighted by molar-refractivity contribution is 7.89. The first-order valence-electron chi connectivity index (χ1n) is 10.5. The van der Waals surface area contributed by atoms with Gasteiger partial charge in [0.2, 0.25) is 10.0 Å². The molecule has 0 aromatic heterocycles. The standard InChI is InChI=1S/C21H38N2O3S/c1-3-5-6-7-8-9-10-11-12-13-18-26-21(4-2)23-27(24,25)20-16-14-19(22)15-17-20/h14-17,21,23H,3-13,18,22H2,1-2H3. The van der Waals surface area contributed by atoms with Crippen LogP contribution in [0, 0.1) is 0 Å². The molecule has 0 saturated heterocycles. The fourth-order valence-electron chi connectivity index (χ4n) is 2.94. The van der Waals surface area contributed by atoms with Crippen LogP contribution in [0.5, 0.6) is 0 Å². The third kappa shape index (κ3) is 10.7. The van der Waals surface area contributed by atoms with E-state index in [1.54, 1.807) is 12.1 Å². The van der Waals surface area contributed by atoms with Gasteiger partial charge in [0.05, 0.1) is 4.90 Å². The fraction of sp³-hybridized carbons (Fsp3) is 0.714. The zero-order valence-corrected chi connectivity index (χ0v) is 17.9. The van der Waals surface area contributed by atoms with Crippen molar-refractivity contribution in [3.8, 4) is 0 Å². The molecule has 0 bridgehead atoms. The highest BCUT2D eigenvalue weighted by Crippen LogP contribution is 2.14. The summed E-state index contributed by atoms with van der Waals surface area (Å²) < 4.78 is 33.1. The van der Waals surface area contributed by atoms with Crippen LogP contribution >= 0.6 is 0 Å². The van der Waals surface area contributed by atoms with Crippen molar-refractivity contribution >= 4 is 15.7 Å². The average Bonchev–Trinajstić information content (AvgIpc) is 2.65. The quantitative estimate of drug-likeness (QED) is 0.227. The summed E-state index contributed by atoms with van der Waals surface area (Å²) in [7, 11) is -3.58. The van der Waals surface area contributed by atoms with E-state index in [2.05, 4.69) is 11.6 Å². The molecule has 1 aromatic rings. The number of nitrogens with two attached hydrogens (primary N) is 1. The molecule has 0 heterocycles. The van der Waals surface area contributed by atoms with Crippen molar-refractivity contribution in [1.82, 2.24) is 4.72 Å². The molecule has 0 amide bonds. The number of rotatable bonds is 16. The minimum atomic E-state index is -3.58. The van der Waals surface area contributed by atoms with E-state index in [9.17, 15) is 8.42 Å². The number of nitrogens with one attached hydrogen (secondary N) is 1. The van der Waals surface area contributed by atoms with Gasteiger partial charge in [-0.05, 0) is 37.1 Å². The van der Waals surface area contributed by atoms with Gasteiger partial charge >= 0.3 is 0 Å². The van der Waals surface area contributed by atoms with Crippen LogP contribution in [-0.4, -0.2) is 21.3 Å². The second kappa shape index (κ2) is 14.0. The lowest BCUT2D eigenvalue weighted by Gasteiger charge is -2.18. The van der Waals surface area contributed by atoms with Crippen molar-refractivity contribution in [2.45, 2.75) is 95.6 Å². The predicted molar refractivity (Wildman–Crippen MR) is 113 cm³/mol. The first-order chi connectivity index (χ1) is 13.0. The number of sulfonamides is 1. The Morgan fingerprint density at radius 3 is 1.93 bits per heavy atom. The Balaban J connectivity index is 2.16. The highest BCUT2D eigenvalue weighted by atomic mass is 32.2. The molecular weight excluding hydrogens is 360 g/mol. The Morgan fingerprint density at radius 2 is 1.41 bits per heavy atom. The molecule has 6 heteroatoms. The zero-order chi connectivity index (χ0) is 20.0. The summed E-state index contributed by atoms with van der Waals surface area (Å²) in [4.78, 5) is 0.206. The SMILES string of the molecule is CCCCCCCCCCCCOC(CC)NS(=O)(=O)c1ccc(N)cc1. The maximum atomic E-state index is 12.4. The van der Waals surface area contributed by atoms with E-state index in [0.29, 0.717) is 18.7 Å². The Kier molecular flexibility index (Phi) is 12.4. The molecule has 1 aromatic carbocycles. The number of ether oxygens (including phenoxy) is 1. The summed E-state index contributed by atoms with van der Waals surface area (Å²) >= 11 is 0. The Hall–Kier alpha value is -1.11. The highest BCUT2D eigenvalue weighted by Gasteiger charge is 2.19. The van der Waals surface area contributed by atoms with Gasteiger partial charge in [0.15, 0.2) is 0 Å². The molecule has 0 saturated carbocycles. The van der Waals surface area contributed by atoms with Gasteiger partial charge < -0.3 is 10.5 Å². The average molecular weight is 399 g/mol. The van der Waals surface area contributed by atoms with Crippen molar-refractivity contribution in [2.24, 2.45) is 0 Å². The third-order valence-corrected chi connectivity index (χ3v) is 6.13. The van der Waals surface area contributed by atoms with E-state index in [1.165, 1.54) is 63.5 Å². The molecule has 0 aliphatic rings. The van der Waals surface area contributed by atoms with Gasteiger partial charge in [-0.3, -0.25) is 0 Å². The van der Waals surface area contributed by atoms with E-state index < -0.39 is 16.3 Å². The molecular formula is C21H38N2O3S. The van der Waals surface area contributed by atoms with Crippen molar-refractivity contribution in [1.29, 1.82) is 0 Å². The smallest absolute Gasteiger partial charge is 0.242 e. The number of nitrogen functional groups attached to an aromatic ring is 1. The topological polar surface area (TPSA) is 81.4 Å².